The molecule has 1 heterocycles. The van der Waals surface area contributed by atoms with Crippen molar-refractivity contribution >= 4 is 41.3 Å². The molecule has 0 radical (unpaired) electrons. The van der Waals surface area contributed by atoms with Gasteiger partial charge in [0, 0.05) is 29.3 Å². The number of aromatic nitrogens is 1. The molecule has 1 aromatic carbocycles. The summed E-state index contributed by atoms with van der Waals surface area (Å²) in [5, 5.41) is 15.4. The first-order valence-corrected chi connectivity index (χ1v) is 9.62. The maximum atomic E-state index is 12.8. The molecule has 0 fully saturated rings. The average molecular weight is 407 g/mol. The fraction of sp³-hybridized carbons (Fsp3) is 0.421. The number of H-pyrrole nitrogens is 1. The molecule has 0 bridgehead atoms. The number of carboxylic acids is 1. The highest BCUT2D eigenvalue weighted by atomic mass is 32.1. The summed E-state index contributed by atoms with van der Waals surface area (Å²) in [6, 6.07) is 4.67. The molecule has 6 N–H and O–H groups in total. The van der Waals surface area contributed by atoms with Crippen LogP contribution >= 0.6 is 12.6 Å². The van der Waals surface area contributed by atoms with E-state index in [-0.39, 0.29) is 18.1 Å². The number of carbonyl (C=O) groups is 3. The lowest BCUT2D eigenvalue weighted by atomic mass is 10.0. The molecular weight excluding hydrogens is 380 g/mol. The van der Waals surface area contributed by atoms with E-state index in [0.29, 0.717) is 0 Å². The molecule has 8 nitrogen and oxygen atoms in total. The number of para-hydroxylation sites is 1. The molecular formula is C19H26N4O4S. The number of rotatable bonds is 9. The van der Waals surface area contributed by atoms with Gasteiger partial charge in [0.05, 0.1) is 6.04 Å². The summed E-state index contributed by atoms with van der Waals surface area (Å²) in [7, 11) is 0. The summed E-state index contributed by atoms with van der Waals surface area (Å²) in [6.07, 6.45) is 1.96. The first-order chi connectivity index (χ1) is 13.2. The molecule has 0 unspecified atom stereocenters. The highest BCUT2D eigenvalue weighted by Crippen LogP contribution is 2.19. The third-order valence-corrected chi connectivity index (χ3v) is 4.89. The Balaban J connectivity index is 2.26. The van der Waals surface area contributed by atoms with Crippen molar-refractivity contribution < 1.29 is 19.5 Å². The number of aromatic amines is 1. The van der Waals surface area contributed by atoms with Crippen LogP contribution in [0.5, 0.6) is 0 Å². The van der Waals surface area contributed by atoms with Crippen molar-refractivity contribution in [2.45, 2.75) is 38.4 Å². The molecule has 0 aliphatic carbocycles. The number of carboxylic acid groups (broad SMARTS) is 1. The van der Waals surface area contributed by atoms with Gasteiger partial charge in [0.2, 0.25) is 11.8 Å². The molecule has 2 rings (SSSR count). The van der Waals surface area contributed by atoms with Gasteiger partial charge in [-0.25, -0.2) is 4.79 Å². The van der Waals surface area contributed by atoms with Crippen molar-refractivity contribution in [3.63, 3.8) is 0 Å². The molecule has 0 saturated heterocycles. The molecule has 1 aromatic heterocycles. The van der Waals surface area contributed by atoms with E-state index in [9.17, 15) is 19.5 Å². The summed E-state index contributed by atoms with van der Waals surface area (Å²) in [5.41, 5.74) is 7.44. The predicted molar refractivity (Wildman–Crippen MR) is 110 cm³/mol. The monoisotopic (exact) mass is 406 g/mol. The summed E-state index contributed by atoms with van der Waals surface area (Å²) in [5.74, 6) is -2.42. The van der Waals surface area contributed by atoms with Gasteiger partial charge in [-0.1, -0.05) is 32.0 Å². The Labute approximate surface area is 168 Å². The Bertz CT molecular complexity index is 851. The Hall–Kier alpha value is -2.52. The second-order valence-corrected chi connectivity index (χ2v) is 7.35. The Morgan fingerprint density at radius 2 is 1.86 bits per heavy atom. The van der Waals surface area contributed by atoms with Crippen molar-refractivity contribution in [2.24, 2.45) is 11.7 Å². The summed E-state index contributed by atoms with van der Waals surface area (Å²) in [6.45, 7) is 3.40. The second kappa shape index (κ2) is 9.61. The fourth-order valence-electron chi connectivity index (χ4n) is 2.86. The smallest absolute Gasteiger partial charge is 0.326 e. The molecule has 2 amide bonds. The van der Waals surface area contributed by atoms with E-state index in [2.05, 4.69) is 28.2 Å². The van der Waals surface area contributed by atoms with Crippen molar-refractivity contribution in [3.8, 4) is 0 Å². The molecule has 152 valence electrons. The van der Waals surface area contributed by atoms with Gasteiger partial charge in [-0.2, -0.15) is 12.6 Å². The maximum Gasteiger partial charge on any atom is 0.326 e. The number of nitrogens with two attached hydrogens (primary N) is 1. The van der Waals surface area contributed by atoms with E-state index >= 15 is 0 Å². The molecule has 0 spiro atoms. The first-order valence-electron chi connectivity index (χ1n) is 8.99. The summed E-state index contributed by atoms with van der Waals surface area (Å²) >= 11 is 4.01. The van der Waals surface area contributed by atoms with Gasteiger partial charge < -0.3 is 26.5 Å². The van der Waals surface area contributed by atoms with Crippen LogP contribution in [0.25, 0.3) is 10.9 Å². The van der Waals surface area contributed by atoms with Gasteiger partial charge in [-0.3, -0.25) is 9.59 Å². The normalized spacial score (nSPS) is 14.5. The first kappa shape index (κ1) is 21.8. The molecule has 9 heteroatoms. The van der Waals surface area contributed by atoms with Crippen LogP contribution in [0.1, 0.15) is 19.4 Å². The van der Waals surface area contributed by atoms with Crippen LogP contribution in [0.2, 0.25) is 0 Å². The van der Waals surface area contributed by atoms with Crippen molar-refractivity contribution in [2.75, 3.05) is 5.75 Å². The highest BCUT2D eigenvalue weighted by molar-refractivity contribution is 7.80. The molecule has 0 saturated carbocycles. The number of fused-ring (bicyclic) bond motifs is 1. The van der Waals surface area contributed by atoms with Crippen LogP contribution in [0.3, 0.4) is 0 Å². The lowest BCUT2D eigenvalue weighted by Crippen LogP contribution is -2.56. The Kier molecular flexibility index (Phi) is 7.47. The fourth-order valence-corrected chi connectivity index (χ4v) is 3.02. The van der Waals surface area contributed by atoms with E-state index in [1.54, 1.807) is 20.0 Å². The van der Waals surface area contributed by atoms with Crippen LogP contribution in [0, 0.1) is 5.92 Å². The Morgan fingerprint density at radius 3 is 2.46 bits per heavy atom. The van der Waals surface area contributed by atoms with Crippen LogP contribution in [0.15, 0.2) is 30.5 Å². The SMILES string of the molecule is CC(C)[C@H](NC(=O)[C@H](Cc1c[nH]c2ccccc12)NC(=O)[C@@H](N)CS)C(=O)O. The van der Waals surface area contributed by atoms with Crippen LogP contribution < -0.4 is 16.4 Å². The number of aliphatic carboxylic acids is 1. The predicted octanol–water partition coefficient (Wildman–Crippen LogP) is 0.678. The van der Waals surface area contributed by atoms with E-state index in [1.807, 2.05) is 24.3 Å². The largest absolute Gasteiger partial charge is 0.480 e. The van der Waals surface area contributed by atoms with E-state index in [1.165, 1.54) is 0 Å². The Morgan fingerprint density at radius 1 is 1.18 bits per heavy atom. The maximum absolute atomic E-state index is 12.8. The lowest BCUT2D eigenvalue weighted by Gasteiger charge is -2.24. The summed E-state index contributed by atoms with van der Waals surface area (Å²) in [4.78, 5) is 39.6. The quantitative estimate of drug-likeness (QED) is 0.340. The highest BCUT2D eigenvalue weighted by Gasteiger charge is 2.30. The lowest BCUT2D eigenvalue weighted by molar-refractivity contribution is -0.143. The molecule has 0 aliphatic heterocycles. The second-order valence-electron chi connectivity index (χ2n) is 6.98. The minimum atomic E-state index is -1.13. The van der Waals surface area contributed by atoms with Crippen LogP contribution in [-0.4, -0.2) is 51.8 Å². The van der Waals surface area contributed by atoms with Gasteiger partial charge in [-0.15, -0.1) is 0 Å². The molecule has 3 atom stereocenters. The van der Waals surface area contributed by atoms with E-state index < -0.39 is 35.9 Å². The third kappa shape index (κ3) is 5.26. The van der Waals surface area contributed by atoms with Crippen molar-refractivity contribution in [1.29, 1.82) is 0 Å². The average Bonchev–Trinajstić information content (AvgIpc) is 3.07. The number of benzene rings is 1. The third-order valence-electron chi connectivity index (χ3n) is 4.50. The minimum absolute atomic E-state index is 0.122. The number of nitrogens with one attached hydrogen (secondary N) is 3. The number of carbonyl (C=O) groups excluding carboxylic acids is 2. The number of thiol groups is 1. The van der Waals surface area contributed by atoms with Crippen LogP contribution in [0.4, 0.5) is 0 Å². The number of amides is 2. The van der Waals surface area contributed by atoms with Crippen molar-refractivity contribution in [1.82, 2.24) is 15.6 Å². The van der Waals surface area contributed by atoms with Crippen molar-refractivity contribution in [3.05, 3.63) is 36.0 Å². The van der Waals surface area contributed by atoms with Gasteiger partial charge in [-0.05, 0) is 17.5 Å². The van der Waals surface area contributed by atoms with E-state index in [0.717, 1.165) is 16.5 Å². The zero-order valence-electron chi connectivity index (χ0n) is 15.8. The van der Waals surface area contributed by atoms with Gasteiger partial charge in [0.1, 0.15) is 12.1 Å². The number of hydrogen-bond donors (Lipinski definition) is 6. The zero-order chi connectivity index (χ0) is 20.8. The standard InChI is InChI=1S/C19H26N4O4S/c1-10(2)16(19(26)27)23-18(25)15(22-17(24)13(20)9-28)7-11-8-21-14-6-4-3-5-12(11)14/h3-6,8,10,13,15-16,21,28H,7,9,20H2,1-2H3,(H,22,24)(H,23,25)(H,26,27)/t13-,15-,16-/m0/s1. The molecule has 28 heavy (non-hydrogen) atoms. The van der Waals surface area contributed by atoms with E-state index in [4.69, 9.17) is 5.73 Å². The summed E-state index contributed by atoms with van der Waals surface area (Å²) < 4.78 is 0. The molecule has 0 aliphatic rings. The topological polar surface area (TPSA) is 137 Å². The molecule has 2 aromatic rings. The van der Waals surface area contributed by atoms with Gasteiger partial charge in [0.15, 0.2) is 0 Å². The zero-order valence-corrected chi connectivity index (χ0v) is 16.7. The minimum Gasteiger partial charge on any atom is -0.480 e. The number of hydrogen-bond acceptors (Lipinski definition) is 5. The van der Waals surface area contributed by atoms with Crippen LogP contribution in [-0.2, 0) is 20.8 Å². The van der Waals surface area contributed by atoms with Gasteiger partial charge in [0.25, 0.3) is 0 Å². The van der Waals surface area contributed by atoms with Gasteiger partial charge >= 0.3 is 5.97 Å².